The average Bonchev–Trinajstić information content (AvgIpc) is 2.16. The van der Waals surface area contributed by atoms with Crippen molar-refractivity contribution in [3.05, 3.63) is 0 Å². The second kappa shape index (κ2) is 8.52. The van der Waals surface area contributed by atoms with Gasteiger partial charge < -0.3 is 9.92 Å². The van der Waals surface area contributed by atoms with Crippen molar-refractivity contribution >= 4 is 16.1 Å². The lowest BCUT2D eigenvalue weighted by Crippen LogP contribution is -2.21. The second-order valence-electron chi connectivity index (χ2n) is 3.67. The SMILES string of the molecule is CCCCCCCC(=O)OS(=O)(=O)CCN. The highest BCUT2D eigenvalue weighted by molar-refractivity contribution is 7.87. The Balaban J connectivity index is 3.66. The third-order valence-electron chi connectivity index (χ3n) is 2.07. The summed E-state index contributed by atoms with van der Waals surface area (Å²) in [6.07, 6.45) is 5.11. The highest BCUT2D eigenvalue weighted by atomic mass is 32.2. The van der Waals surface area contributed by atoms with Crippen molar-refractivity contribution in [3.63, 3.8) is 0 Å². The quantitative estimate of drug-likeness (QED) is 0.491. The van der Waals surface area contributed by atoms with Crippen LogP contribution in [0.3, 0.4) is 0 Å². The molecule has 0 rings (SSSR count). The zero-order valence-corrected chi connectivity index (χ0v) is 10.6. The summed E-state index contributed by atoms with van der Waals surface area (Å²) in [5, 5.41) is 0. The van der Waals surface area contributed by atoms with Gasteiger partial charge in [0.05, 0.1) is 5.75 Å². The highest BCUT2D eigenvalue weighted by Gasteiger charge is 2.15. The van der Waals surface area contributed by atoms with E-state index in [9.17, 15) is 13.2 Å². The Morgan fingerprint density at radius 1 is 1.19 bits per heavy atom. The number of nitrogens with two attached hydrogens (primary N) is 1. The fourth-order valence-corrected chi connectivity index (χ4v) is 1.98. The lowest BCUT2D eigenvalue weighted by molar-refractivity contribution is -0.133. The average molecular weight is 251 g/mol. The summed E-state index contributed by atoms with van der Waals surface area (Å²) in [5.41, 5.74) is 5.07. The van der Waals surface area contributed by atoms with Crippen molar-refractivity contribution in [1.29, 1.82) is 0 Å². The van der Waals surface area contributed by atoms with Gasteiger partial charge in [0.1, 0.15) is 0 Å². The molecular formula is C10H21NO4S. The van der Waals surface area contributed by atoms with Crippen molar-refractivity contribution < 1.29 is 17.4 Å². The molecule has 0 aliphatic rings. The molecule has 0 atom stereocenters. The summed E-state index contributed by atoms with van der Waals surface area (Å²) in [5.74, 6) is -0.987. The maximum atomic E-state index is 11.1. The number of rotatable bonds is 9. The fourth-order valence-electron chi connectivity index (χ4n) is 1.24. The predicted molar refractivity (Wildman–Crippen MR) is 62.3 cm³/mol. The third-order valence-corrected chi connectivity index (χ3v) is 3.25. The van der Waals surface area contributed by atoms with E-state index in [1.54, 1.807) is 0 Å². The molecule has 0 fully saturated rings. The van der Waals surface area contributed by atoms with Crippen LogP contribution in [0.4, 0.5) is 0 Å². The minimum Gasteiger partial charge on any atom is -0.346 e. The summed E-state index contributed by atoms with van der Waals surface area (Å²) in [4.78, 5) is 11.1. The first-order valence-corrected chi connectivity index (χ1v) is 7.24. The molecule has 0 heterocycles. The number of hydrogen-bond donors (Lipinski definition) is 1. The molecule has 0 saturated carbocycles. The Hall–Kier alpha value is -0.620. The molecule has 0 spiro atoms. The van der Waals surface area contributed by atoms with Crippen molar-refractivity contribution in [2.75, 3.05) is 12.3 Å². The Morgan fingerprint density at radius 3 is 2.38 bits per heavy atom. The highest BCUT2D eigenvalue weighted by Crippen LogP contribution is 2.06. The lowest BCUT2D eigenvalue weighted by atomic mass is 10.1. The summed E-state index contributed by atoms with van der Waals surface area (Å²) >= 11 is 0. The fraction of sp³-hybridized carbons (Fsp3) is 0.900. The standard InChI is InChI=1S/C10H21NO4S/c1-2-3-4-5-6-7-10(12)15-16(13,14)9-8-11/h2-9,11H2,1H3. The maximum absolute atomic E-state index is 11.1. The molecule has 16 heavy (non-hydrogen) atoms. The molecule has 2 N–H and O–H groups in total. The molecule has 0 aliphatic carbocycles. The van der Waals surface area contributed by atoms with Gasteiger partial charge in [-0.3, -0.25) is 4.79 Å². The van der Waals surface area contributed by atoms with Gasteiger partial charge in [-0.2, -0.15) is 8.42 Å². The van der Waals surface area contributed by atoms with Gasteiger partial charge in [0.25, 0.3) is 0 Å². The normalized spacial score (nSPS) is 11.4. The van der Waals surface area contributed by atoms with Crippen molar-refractivity contribution in [3.8, 4) is 0 Å². The number of hydrogen-bond acceptors (Lipinski definition) is 5. The largest absolute Gasteiger partial charge is 0.346 e. The smallest absolute Gasteiger partial charge is 0.322 e. The van der Waals surface area contributed by atoms with E-state index in [1.165, 1.54) is 0 Å². The second-order valence-corrected chi connectivity index (χ2v) is 5.36. The van der Waals surface area contributed by atoms with Gasteiger partial charge in [-0.15, -0.1) is 0 Å². The molecule has 0 bridgehead atoms. The lowest BCUT2D eigenvalue weighted by Gasteiger charge is -2.04. The van der Waals surface area contributed by atoms with Crippen molar-refractivity contribution in [2.24, 2.45) is 5.73 Å². The van der Waals surface area contributed by atoms with Crippen LogP contribution in [0.15, 0.2) is 0 Å². The first kappa shape index (κ1) is 15.4. The van der Waals surface area contributed by atoms with E-state index in [-0.39, 0.29) is 18.7 Å². The molecule has 6 heteroatoms. The predicted octanol–water partition coefficient (Wildman–Crippen LogP) is 1.18. The van der Waals surface area contributed by atoms with Crippen LogP contribution in [0.1, 0.15) is 45.4 Å². The number of unbranched alkanes of at least 4 members (excludes halogenated alkanes) is 4. The minimum absolute atomic E-state index is 0.0356. The van der Waals surface area contributed by atoms with E-state index in [1.807, 2.05) is 0 Å². The topological polar surface area (TPSA) is 86.5 Å². The summed E-state index contributed by atoms with van der Waals surface area (Å²) in [6.45, 7) is 2.07. The van der Waals surface area contributed by atoms with Crippen LogP contribution in [-0.4, -0.2) is 26.7 Å². The molecule has 0 aromatic heterocycles. The Morgan fingerprint density at radius 2 is 1.81 bits per heavy atom. The van der Waals surface area contributed by atoms with Crippen LogP contribution in [0.2, 0.25) is 0 Å². The van der Waals surface area contributed by atoms with Crippen LogP contribution in [0, 0.1) is 0 Å². The van der Waals surface area contributed by atoms with Gasteiger partial charge in [0.2, 0.25) is 0 Å². The van der Waals surface area contributed by atoms with E-state index in [4.69, 9.17) is 5.73 Å². The van der Waals surface area contributed by atoms with E-state index in [2.05, 4.69) is 11.1 Å². The van der Waals surface area contributed by atoms with Crippen LogP contribution in [0.5, 0.6) is 0 Å². The van der Waals surface area contributed by atoms with Gasteiger partial charge in [0.15, 0.2) is 0 Å². The molecule has 0 unspecified atom stereocenters. The first-order valence-electron chi connectivity index (χ1n) is 5.67. The summed E-state index contributed by atoms with van der Waals surface area (Å²) in [7, 11) is -3.75. The Labute approximate surface area is 97.5 Å². The van der Waals surface area contributed by atoms with Gasteiger partial charge >= 0.3 is 16.1 Å². The molecule has 0 aromatic carbocycles. The Kier molecular flexibility index (Phi) is 8.19. The summed E-state index contributed by atoms with van der Waals surface area (Å²) in [6, 6.07) is 0. The van der Waals surface area contributed by atoms with Gasteiger partial charge in [-0.25, -0.2) is 0 Å². The zero-order valence-electron chi connectivity index (χ0n) is 9.78. The van der Waals surface area contributed by atoms with Crippen LogP contribution >= 0.6 is 0 Å². The van der Waals surface area contributed by atoms with Gasteiger partial charge in [-0.05, 0) is 6.42 Å². The molecule has 0 aromatic rings. The van der Waals surface area contributed by atoms with Crippen molar-refractivity contribution in [1.82, 2.24) is 0 Å². The van der Waals surface area contributed by atoms with E-state index in [0.29, 0.717) is 6.42 Å². The van der Waals surface area contributed by atoms with Crippen LogP contribution in [0.25, 0.3) is 0 Å². The maximum Gasteiger partial charge on any atom is 0.322 e. The van der Waals surface area contributed by atoms with E-state index in [0.717, 1.165) is 25.7 Å². The Bertz CT molecular complexity index is 287. The van der Waals surface area contributed by atoms with Crippen LogP contribution < -0.4 is 5.73 Å². The number of carbonyl (C=O) groups excluding carboxylic acids is 1. The van der Waals surface area contributed by atoms with Crippen LogP contribution in [-0.2, 0) is 19.1 Å². The third kappa shape index (κ3) is 8.67. The first-order chi connectivity index (χ1) is 7.52. The molecule has 0 amide bonds. The minimum atomic E-state index is -3.75. The van der Waals surface area contributed by atoms with E-state index < -0.39 is 16.1 Å². The molecule has 5 nitrogen and oxygen atoms in total. The molecular weight excluding hydrogens is 230 g/mol. The molecule has 0 saturated heterocycles. The molecule has 0 aliphatic heterocycles. The van der Waals surface area contributed by atoms with Gasteiger partial charge in [-0.1, -0.05) is 32.6 Å². The molecule has 0 radical (unpaired) electrons. The number of carbonyl (C=O) groups is 1. The zero-order chi connectivity index (χ0) is 12.4. The van der Waals surface area contributed by atoms with Crippen molar-refractivity contribution in [2.45, 2.75) is 45.4 Å². The molecule has 96 valence electrons. The van der Waals surface area contributed by atoms with Gasteiger partial charge in [0, 0.05) is 13.0 Å². The summed E-state index contributed by atoms with van der Waals surface area (Å²) < 4.78 is 26.4. The monoisotopic (exact) mass is 251 g/mol. The van der Waals surface area contributed by atoms with E-state index >= 15 is 0 Å².